The topological polar surface area (TPSA) is 37.8 Å². The average molecular weight is 321 g/mol. The van der Waals surface area contributed by atoms with Gasteiger partial charge in [0.15, 0.2) is 0 Å². The smallest absolute Gasteiger partial charge is 0.380 e. The highest BCUT2D eigenvalue weighted by atomic mass is 19.4. The van der Waals surface area contributed by atoms with Gasteiger partial charge in [0.2, 0.25) is 0 Å². The maximum Gasteiger partial charge on any atom is 0.419 e. The number of alkyl halides is 3. The van der Waals surface area contributed by atoms with Gasteiger partial charge in [0.25, 0.3) is 0 Å². The number of halogens is 4. The molecule has 0 fully saturated rings. The summed E-state index contributed by atoms with van der Waals surface area (Å²) < 4.78 is 52.2. The zero-order valence-electron chi connectivity index (χ0n) is 11.7. The molecule has 3 aromatic rings. The summed E-state index contributed by atoms with van der Waals surface area (Å²) in [4.78, 5) is 0. The van der Waals surface area contributed by atoms with Gasteiger partial charge >= 0.3 is 6.18 Å². The van der Waals surface area contributed by atoms with Crippen LogP contribution in [0.15, 0.2) is 48.8 Å². The zero-order valence-corrected chi connectivity index (χ0v) is 11.7. The molecule has 0 aliphatic carbocycles. The van der Waals surface area contributed by atoms with Gasteiger partial charge in [-0.2, -0.15) is 23.4 Å². The number of rotatable bonds is 3. The molecule has 1 aromatic heterocycles. The fraction of sp³-hybridized carbons (Fsp3) is 0.125. The van der Waals surface area contributed by atoms with Crippen molar-refractivity contribution >= 4 is 16.5 Å². The molecule has 0 unspecified atom stereocenters. The minimum atomic E-state index is -4.71. The Morgan fingerprint density at radius 2 is 1.70 bits per heavy atom. The van der Waals surface area contributed by atoms with E-state index < -0.39 is 17.6 Å². The fourth-order valence-electron chi connectivity index (χ4n) is 2.31. The highest BCUT2D eigenvalue weighted by molar-refractivity contribution is 5.92. The van der Waals surface area contributed by atoms with Crippen LogP contribution < -0.4 is 5.32 Å². The fourth-order valence-corrected chi connectivity index (χ4v) is 2.31. The van der Waals surface area contributed by atoms with E-state index in [2.05, 4.69) is 15.5 Å². The van der Waals surface area contributed by atoms with Crippen molar-refractivity contribution < 1.29 is 17.6 Å². The number of anilines is 1. The lowest BCUT2D eigenvalue weighted by molar-refractivity contribution is -0.140. The van der Waals surface area contributed by atoms with Gasteiger partial charge in [-0.3, -0.25) is 0 Å². The Kier molecular flexibility index (Phi) is 3.85. The van der Waals surface area contributed by atoms with Crippen LogP contribution in [-0.4, -0.2) is 10.2 Å². The molecular weight excluding hydrogens is 310 g/mol. The molecule has 0 saturated carbocycles. The lowest BCUT2D eigenvalue weighted by atomic mass is 10.1. The zero-order chi connectivity index (χ0) is 16.4. The second-order valence-corrected chi connectivity index (χ2v) is 4.93. The minimum absolute atomic E-state index is 0.0566. The first kappa shape index (κ1) is 15.2. The number of hydrogen-bond donors (Lipinski definition) is 1. The Hall–Kier alpha value is -2.70. The predicted octanol–water partition coefficient (Wildman–Crippen LogP) is 4.40. The van der Waals surface area contributed by atoms with Crippen LogP contribution in [0.4, 0.5) is 23.2 Å². The molecule has 0 aliphatic heterocycles. The van der Waals surface area contributed by atoms with E-state index in [-0.39, 0.29) is 12.1 Å². The van der Waals surface area contributed by atoms with Crippen LogP contribution in [0.2, 0.25) is 0 Å². The van der Waals surface area contributed by atoms with Crippen molar-refractivity contribution in [1.82, 2.24) is 10.2 Å². The summed E-state index contributed by atoms with van der Waals surface area (Å²) in [7, 11) is 0. The molecule has 0 spiro atoms. The second-order valence-electron chi connectivity index (χ2n) is 4.93. The average Bonchev–Trinajstić information content (AvgIpc) is 2.53. The molecule has 1 N–H and O–H groups in total. The van der Waals surface area contributed by atoms with Crippen molar-refractivity contribution in [2.24, 2.45) is 0 Å². The molecule has 23 heavy (non-hydrogen) atoms. The summed E-state index contributed by atoms with van der Waals surface area (Å²) in [6.45, 7) is -0.0722. The van der Waals surface area contributed by atoms with E-state index in [0.717, 1.165) is 16.8 Å². The van der Waals surface area contributed by atoms with Crippen molar-refractivity contribution in [3.63, 3.8) is 0 Å². The van der Waals surface area contributed by atoms with E-state index in [9.17, 15) is 17.6 Å². The first-order valence-corrected chi connectivity index (χ1v) is 6.74. The Labute approximate surface area is 129 Å². The summed E-state index contributed by atoms with van der Waals surface area (Å²) in [6.07, 6.45) is -1.60. The quantitative estimate of drug-likeness (QED) is 0.727. The van der Waals surface area contributed by atoms with Crippen LogP contribution in [0.1, 0.15) is 11.1 Å². The molecule has 0 amide bonds. The molecule has 0 radical (unpaired) electrons. The Morgan fingerprint density at radius 1 is 0.957 bits per heavy atom. The van der Waals surface area contributed by atoms with Crippen LogP contribution >= 0.6 is 0 Å². The largest absolute Gasteiger partial charge is 0.419 e. The van der Waals surface area contributed by atoms with Crippen LogP contribution in [0.25, 0.3) is 10.8 Å². The van der Waals surface area contributed by atoms with E-state index in [0.29, 0.717) is 5.69 Å². The lowest BCUT2D eigenvalue weighted by Crippen LogP contribution is -2.11. The van der Waals surface area contributed by atoms with Gasteiger partial charge in [-0.05, 0) is 12.1 Å². The van der Waals surface area contributed by atoms with E-state index in [1.54, 1.807) is 24.5 Å². The van der Waals surface area contributed by atoms with Crippen molar-refractivity contribution in [1.29, 1.82) is 0 Å². The van der Waals surface area contributed by atoms with Gasteiger partial charge in [-0.25, -0.2) is 4.39 Å². The highest BCUT2D eigenvalue weighted by Crippen LogP contribution is 2.32. The highest BCUT2D eigenvalue weighted by Gasteiger charge is 2.34. The van der Waals surface area contributed by atoms with E-state index in [4.69, 9.17) is 0 Å². The van der Waals surface area contributed by atoms with Crippen molar-refractivity contribution in [3.05, 3.63) is 65.7 Å². The number of nitrogens with zero attached hydrogens (tertiary/aromatic N) is 2. The molecule has 2 aromatic carbocycles. The first-order valence-electron chi connectivity index (χ1n) is 6.74. The lowest BCUT2D eigenvalue weighted by Gasteiger charge is -2.13. The summed E-state index contributed by atoms with van der Waals surface area (Å²) in [5.41, 5.74) is -0.673. The molecule has 7 heteroatoms. The van der Waals surface area contributed by atoms with Gasteiger partial charge in [0.1, 0.15) is 5.82 Å². The number of aromatic nitrogens is 2. The van der Waals surface area contributed by atoms with Crippen LogP contribution in [0.3, 0.4) is 0 Å². The molecule has 0 aliphatic rings. The number of hydrogen-bond acceptors (Lipinski definition) is 3. The second kappa shape index (κ2) is 5.83. The van der Waals surface area contributed by atoms with E-state index in [1.807, 2.05) is 6.07 Å². The molecule has 0 bridgehead atoms. The maximum atomic E-state index is 14.0. The summed E-state index contributed by atoms with van der Waals surface area (Å²) in [6, 6.07) is 8.59. The standard InChI is InChI=1S/C16H11F4N3/c17-15-11(4-1-5-13(15)16(18,19)20)7-21-14-6-2-3-10-8-22-23-9-12(10)14/h1-6,8-9,21H,7H2. The minimum Gasteiger partial charge on any atom is -0.380 e. The van der Waals surface area contributed by atoms with Crippen molar-refractivity contribution in [2.75, 3.05) is 5.32 Å². The van der Waals surface area contributed by atoms with Gasteiger partial charge in [-0.1, -0.05) is 24.3 Å². The van der Waals surface area contributed by atoms with E-state index in [1.165, 1.54) is 12.1 Å². The normalized spacial score (nSPS) is 11.7. The molecule has 3 nitrogen and oxygen atoms in total. The third-order valence-electron chi connectivity index (χ3n) is 3.44. The first-order chi connectivity index (χ1) is 11.0. The van der Waals surface area contributed by atoms with Gasteiger partial charge in [-0.15, -0.1) is 0 Å². The van der Waals surface area contributed by atoms with Gasteiger partial charge < -0.3 is 5.32 Å². The number of fused-ring (bicyclic) bond motifs is 1. The molecule has 1 heterocycles. The van der Waals surface area contributed by atoms with Crippen molar-refractivity contribution in [2.45, 2.75) is 12.7 Å². The van der Waals surface area contributed by atoms with Crippen LogP contribution in [-0.2, 0) is 12.7 Å². The Bertz CT molecular complexity index is 841. The van der Waals surface area contributed by atoms with Crippen molar-refractivity contribution in [3.8, 4) is 0 Å². The SMILES string of the molecule is Fc1c(CNc2cccc3cnncc23)cccc1C(F)(F)F. The molecular formula is C16H11F4N3. The number of benzene rings is 2. The third-order valence-corrected chi connectivity index (χ3v) is 3.44. The Morgan fingerprint density at radius 3 is 2.48 bits per heavy atom. The maximum absolute atomic E-state index is 14.0. The Balaban J connectivity index is 1.89. The third kappa shape index (κ3) is 3.08. The molecule has 3 rings (SSSR count). The van der Waals surface area contributed by atoms with Gasteiger partial charge in [0, 0.05) is 28.6 Å². The summed E-state index contributed by atoms with van der Waals surface area (Å²) in [5.74, 6) is -1.26. The molecule has 118 valence electrons. The summed E-state index contributed by atoms with van der Waals surface area (Å²) in [5, 5.41) is 12.1. The predicted molar refractivity (Wildman–Crippen MR) is 78.3 cm³/mol. The van der Waals surface area contributed by atoms with Crippen LogP contribution in [0, 0.1) is 5.82 Å². The van der Waals surface area contributed by atoms with Crippen LogP contribution in [0.5, 0.6) is 0 Å². The monoisotopic (exact) mass is 321 g/mol. The molecule has 0 atom stereocenters. The number of nitrogens with one attached hydrogen (secondary N) is 1. The van der Waals surface area contributed by atoms with E-state index >= 15 is 0 Å². The van der Waals surface area contributed by atoms with Gasteiger partial charge in [0.05, 0.1) is 18.0 Å². The molecule has 0 saturated heterocycles. The summed E-state index contributed by atoms with van der Waals surface area (Å²) >= 11 is 0.